The Morgan fingerprint density at radius 3 is 2.56 bits per heavy atom. The minimum atomic E-state index is -3.70. The highest BCUT2D eigenvalue weighted by Gasteiger charge is 2.33. The van der Waals surface area contributed by atoms with E-state index in [-0.39, 0.29) is 17.3 Å². The van der Waals surface area contributed by atoms with Crippen LogP contribution in [0.5, 0.6) is 11.5 Å². The number of thiazole rings is 1. The fourth-order valence-electron chi connectivity index (χ4n) is 3.88. The molecule has 1 aliphatic heterocycles. The second kappa shape index (κ2) is 9.05. The third-order valence-corrected chi connectivity index (χ3v) is 8.62. The average Bonchev–Trinajstić information content (AvgIpc) is 3.14. The second-order valence-corrected chi connectivity index (χ2v) is 10.5. The van der Waals surface area contributed by atoms with Crippen LogP contribution in [0.4, 0.5) is 0 Å². The topological polar surface area (TPSA) is 90.2 Å². The molecule has 3 aromatic rings. The van der Waals surface area contributed by atoms with Gasteiger partial charge in [0.15, 0.2) is 4.80 Å². The van der Waals surface area contributed by atoms with Crippen molar-refractivity contribution in [2.45, 2.75) is 17.7 Å². The molecule has 1 amide bonds. The summed E-state index contributed by atoms with van der Waals surface area (Å²) in [6, 6.07) is 12.0. The summed E-state index contributed by atoms with van der Waals surface area (Å²) >= 11 is 1.40. The van der Waals surface area contributed by atoms with Crippen LogP contribution in [0.15, 0.2) is 52.4 Å². The van der Waals surface area contributed by atoms with E-state index in [9.17, 15) is 13.2 Å². The second-order valence-electron chi connectivity index (χ2n) is 7.58. The summed E-state index contributed by atoms with van der Waals surface area (Å²) in [6.07, 6.45) is 1.21. The largest absolute Gasteiger partial charge is 0.497 e. The molecule has 8 nitrogen and oxygen atoms in total. The van der Waals surface area contributed by atoms with Crippen molar-refractivity contribution < 1.29 is 22.7 Å². The molecule has 1 aromatic heterocycles. The molecular weight excluding hydrogens is 450 g/mol. The van der Waals surface area contributed by atoms with Gasteiger partial charge in [-0.2, -0.15) is 9.30 Å². The predicted octanol–water partition coefficient (Wildman–Crippen LogP) is 2.79. The first kappa shape index (κ1) is 22.5. The maximum absolute atomic E-state index is 13.1. The zero-order valence-electron chi connectivity index (χ0n) is 18.1. The Kier molecular flexibility index (Phi) is 6.36. The number of aryl methyl sites for hydroxylation is 1. The number of rotatable bonds is 5. The quantitative estimate of drug-likeness (QED) is 0.566. The Morgan fingerprint density at radius 1 is 1.12 bits per heavy atom. The molecule has 1 fully saturated rings. The lowest BCUT2D eigenvalue weighted by Gasteiger charge is -2.30. The van der Waals surface area contributed by atoms with Crippen LogP contribution in [0.25, 0.3) is 10.2 Å². The number of hydrogen-bond acceptors (Lipinski definition) is 6. The first-order chi connectivity index (χ1) is 15.3. The van der Waals surface area contributed by atoms with Gasteiger partial charge in [-0.05, 0) is 49.2 Å². The third-order valence-electron chi connectivity index (χ3n) is 5.64. The molecule has 2 heterocycles. The van der Waals surface area contributed by atoms with Crippen LogP contribution in [-0.4, -0.2) is 50.5 Å². The van der Waals surface area contributed by atoms with Gasteiger partial charge in [0.05, 0.1) is 29.7 Å². The molecule has 32 heavy (non-hydrogen) atoms. The van der Waals surface area contributed by atoms with E-state index in [0.29, 0.717) is 35.7 Å². The normalized spacial score (nSPS) is 18.1. The molecule has 2 aromatic carbocycles. The monoisotopic (exact) mass is 475 g/mol. The number of fused-ring (bicyclic) bond motifs is 1. The van der Waals surface area contributed by atoms with Gasteiger partial charge in [-0.3, -0.25) is 4.79 Å². The Bertz CT molecular complexity index is 1310. The number of carbonyl (C=O) groups is 1. The minimum absolute atomic E-state index is 0.120. The van der Waals surface area contributed by atoms with Crippen molar-refractivity contribution in [3.8, 4) is 11.5 Å². The molecule has 0 bridgehead atoms. The lowest BCUT2D eigenvalue weighted by atomic mass is 9.99. The molecule has 0 spiro atoms. The standard InChI is InChI=1S/C22H25N3O5S2/c1-24-20-18(30-3)7-4-8-19(20)31-22(24)23-21(26)15-6-5-13-25(14-15)32(27,28)17-11-9-16(29-2)10-12-17/h4,7-12,15H,5-6,13-14H2,1-3H3. The number of amides is 1. The molecule has 0 aliphatic carbocycles. The maximum atomic E-state index is 13.1. The Hall–Kier alpha value is -2.69. The number of carbonyl (C=O) groups excluding carboxylic acids is 1. The number of methoxy groups -OCH3 is 2. The van der Waals surface area contributed by atoms with E-state index in [1.165, 1.54) is 34.9 Å². The SMILES string of the molecule is COc1ccc(S(=O)(=O)N2CCCC(C(=O)N=c3sc4cccc(OC)c4n3C)C2)cc1. The van der Waals surface area contributed by atoms with Crippen molar-refractivity contribution in [2.75, 3.05) is 27.3 Å². The maximum Gasteiger partial charge on any atom is 0.252 e. The molecule has 0 radical (unpaired) electrons. The van der Waals surface area contributed by atoms with Gasteiger partial charge in [-0.1, -0.05) is 17.4 Å². The van der Waals surface area contributed by atoms with Gasteiger partial charge < -0.3 is 14.0 Å². The molecule has 0 N–H and O–H groups in total. The van der Waals surface area contributed by atoms with E-state index in [4.69, 9.17) is 9.47 Å². The number of sulfonamides is 1. The van der Waals surface area contributed by atoms with Crippen LogP contribution >= 0.6 is 11.3 Å². The van der Waals surface area contributed by atoms with E-state index in [1.807, 2.05) is 29.8 Å². The van der Waals surface area contributed by atoms with Crippen molar-refractivity contribution in [1.82, 2.24) is 8.87 Å². The Morgan fingerprint density at radius 2 is 1.88 bits per heavy atom. The molecular formula is C22H25N3O5S2. The van der Waals surface area contributed by atoms with Crippen LogP contribution in [0.2, 0.25) is 0 Å². The van der Waals surface area contributed by atoms with E-state index >= 15 is 0 Å². The number of nitrogens with zero attached hydrogens (tertiary/aromatic N) is 3. The van der Waals surface area contributed by atoms with Crippen LogP contribution < -0.4 is 14.3 Å². The number of benzene rings is 2. The fraction of sp³-hybridized carbons (Fsp3) is 0.364. The first-order valence-electron chi connectivity index (χ1n) is 10.2. The summed E-state index contributed by atoms with van der Waals surface area (Å²) in [7, 11) is 1.28. The minimum Gasteiger partial charge on any atom is -0.497 e. The van der Waals surface area contributed by atoms with Gasteiger partial charge in [0, 0.05) is 20.1 Å². The lowest BCUT2D eigenvalue weighted by molar-refractivity contribution is -0.122. The highest BCUT2D eigenvalue weighted by Crippen LogP contribution is 2.28. The van der Waals surface area contributed by atoms with Crippen molar-refractivity contribution in [1.29, 1.82) is 0 Å². The Labute approximate surface area is 190 Å². The van der Waals surface area contributed by atoms with Crippen molar-refractivity contribution in [3.63, 3.8) is 0 Å². The molecule has 1 aliphatic rings. The number of piperidine rings is 1. The summed E-state index contributed by atoms with van der Waals surface area (Å²) in [5, 5.41) is 0. The molecule has 10 heteroatoms. The van der Waals surface area contributed by atoms with Gasteiger partial charge >= 0.3 is 0 Å². The summed E-state index contributed by atoms with van der Waals surface area (Å²) in [6.45, 7) is 0.501. The van der Waals surface area contributed by atoms with Gasteiger partial charge in [0.25, 0.3) is 5.91 Å². The van der Waals surface area contributed by atoms with Crippen LogP contribution in [0, 0.1) is 5.92 Å². The van der Waals surface area contributed by atoms with E-state index < -0.39 is 15.9 Å². The fourth-order valence-corrected chi connectivity index (χ4v) is 6.45. The number of hydrogen-bond donors (Lipinski definition) is 0. The summed E-state index contributed by atoms with van der Waals surface area (Å²) < 4.78 is 40.9. The average molecular weight is 476 g/mol. The lowest BCUT2D eigenvalue weighted by Crippen LogP contribution is -2.42. The number of ether oxygens (including phenoxy) is 2. The number of aromatic nitrogens is 1. The van der Waals surface area contributed by atoms with Crippen molar-refractivity contribution in [2.24, 2.45) is 18.0 Å². The molecule has 4 rings (SSSR count). The summed E-state index contributed by atoms with van der Waals surface area (Å²) in [5.41, 5.74) is 0.874. The molecule has 1 atom stereocenters. The molecule has 170 valence electrons. The van der Waals surface area contributed by atoms with Crippen molar-refractivity contribution >= 4 is 37.5 Å². The van der Waals surface area contributed by atoms with Crippen LogP contribution in [0.3, 0.4) is 0 Å². The smallest absolute Gasteiger partial charge is 0.252 e. The van der Waals surface area contributed by atoms with Crippen LogP contribution in [-0.2, 0) is 21.9 Å². The van der Waals surface area contributed by atoms with E-state index in [2.05, 4.69) is 4.99 Å². The number of para-hydroxylation sites is 1. The highest BCUT2D eigenvalue weighted by molar-refractivity contribution is 7.89. The predicted molar refractivity (Wildman–Crippen MR) is 122 cm³/mol. The zero-order valence-corrected chi connectivity index (χ0v) is 19.8. The summed E-state index contributed by atoms with van der Waals surface area (Å²) in [5.74, 6) is 0.511. The first-order valence-corrected chi connectivity index (χ1v) is 12.5. The van der Waals surface area contributed by atoms with Gasteiger partial charge in [0.1, 0.15) is 17.0 Å². The molecule has 1 saturated heterocycles. The van der Waals surface area contributed by atoms with Crippen molar-refractivity contribution in [3.05, 3.63) is 47.3 Å². The van der Waals surface area contributed by atoms with E-state index in [0.717, 1.165) is 10.2 Å². The third kappa shape index (κ3) is 4.17. The van der Waals surface area contributed by atoms with Gasteiger partial charge in [-0.15, -0.1) is 0 Å². The molecule has 1 unspecified atom stereocenters. The van der Waals surface area contributed by atoms with E-state index in [1.54, 1.807) is 19.2 Å². The highest BCUT2D eigenvalue weighted by atomic mass is 32.2. The zero-order chi connectivity index (χ0) is 22.9. The van der Waals surface area contributed by atoms with Gasteiger partial charge in [-0.25, -0.2) is 8.42 Å². The van der Waals surface area contributed by atoms with Crippen LogP contribution in [0.1, 0.15) is 12.8 Å². The van der Waals surface area contributed by atoms with Gasteiger partial charge in [0.2, 0.25) is 10.0 Å². The molecule has 0 saturated carbocycles. The Balaban J connectivity index is 1.59. The summed E-state index contributed by atoms with van der Waals surface area (Å²) in [4.78, 5) is 18.1.